The van der Waals surface area contributed by atoms with Crippen LogP contribution in [0.2, 0.25) is 5.02 Å². The first-order valence-corrected chi connectivity index (χ1v) is 6.17. The maximum absolute atomic E-state index is 10.7. The third kappa shape index (κ3) is 3.13. The van der Waals surface area contributed by atoms with E-state index in [1.807, 2.05) is 18.2 Å². The molecule has 0 saturated heterocycles. The molecule has 0 spiro atoms. The molecule has 1 aliphatic carbocycles. The van der Waals surface area contributed by atoms with Gasteiger partial charge in [-0.25, -0.2) is 0 Å². The van der Waals surface area contributed by atoms with Crippen LogP contribution in [-0.4, -0.2) is 17.2 Å². The molecule has 0 aromatic heterocycles. The first-order valence-electron chi connectivity index (χ1n) is 5.80. The largest absolute Gasteiger partial charge is 0.489 e. The number of aliphatic carboxylic acids is 1. The molecule has 0 bridgehead atoms. The summed E-state index contributed by atoms with van der Waals surface area (Å²) in [5.74, 6) is -0.00936. The third-order valence-corrected chi connectivity index (χ3v) is 3.45. The molecule has 2 unspecified atom stereocenters. The standard InChI is InChI=1S/C13H15ClO3/c14-10-5-1-2-6-12(10)17-11-7-3-4-9(11)8-13(15)16/h1-2,5-6,9,11H,3-4,7-8H2,(H,15,16). The molecule has 0 radical (unpaired) electrons. The Morgan fingerprint density at radius 1 is 1.41 bits per heavy atom. The van der Waals surface area contributed by atoms with Crippen molar-refractivity contribution in [3.63, 3.8) is 0 Å². The summed E-state index contributed by atoms with van der Waals surface area (Å²) in [6, 6.07) is 7.30. The molecule has 0 aliphatic heterocycles. The fraction of sp³-hybridized carbons (Fsp3) is 0.462. The third-order valence-electron chi connectivity index (χ3n) is 3.14. The van der Waals surface area contributed by atoms with Crippen molar-refractivity contribution in [1.29, 1.82) is 0 Å². The van der Waals surface area contributed by atoms with Gasteiger partial charge in [0, 0.05) is 5.92 Å². The maximum Gasteiger partial charge on any atom is 0.303 e. The highest BCUT2D eigenvalue weighted by Gasteiger charge is 2.31. The number of hydrogen-bond acceptors (Lipinski definition) is 2. The Morgan fingerprint density at radius 3 is 2.88 bits per heavy atom. The number of halogens is 1. The van der Waals surface area contributed by atoms with Crippen molar-refractivity contribution >= 4 is 17.6 Å². The van der Waals surface area contributed by atoms with Crippen molar-refractivity contribution in [1.82, 2.24) is 0 Å². The molecule has 3 nitrogen and oxygen atoms in total. The molecule has 2 rings (SSSR count). The van der Waals surface area contributed by atoms with E-state index >= 15 is 0 Å². The summed E-state index contributed by atoms with van der Waals surface area (Å²) in [4.78, 5) is 10.7. The summed E-state index contributed by atoms with van der Waals surface area (Å²) >= 11 is 6.01. The van der Waals surface area contributed by atoms with E-state index in [0.717, 1.165) is 19.3 Å². The molecule has 1 N–H and O–H groups in total. The quantitative estimate of drug-likeness (QED) is 0.896. The van der Waals surface area contributed by atoms with Gasteiger partial charge in [0.15, 0.2) is 0 Å². The number of carbonyl (C=O) groups is 1. The van der Waals surface area contributed by atoms with Crippen LogP contribution in [0.3, 0.4) is 0 Å². The van der Waals surface area contributed by atoms with Crippen LogP contribution in [0.5, 0.6) is 5.75 Å². The molecule has 4 heteroatoms. The summed E-state index contributed by atoms with van der Waals surface area (Å²) < 4.78 is 5.82. The molecule has 92 valence electrons. The van der Waals surface area contributed by atoms with Gasteiger partial charge in [-0.2, -0.15) is 0 Å². The Hall–Kier alpha value is -1.22. The first kappa shape index (κ1) is 12.2. The fourth-order valence-electron chi connectivity index (χ4n) is 2.32. The Balaban J connectivity index is 2.03. The van der Waals surface area contributed by atoms with E-state index in [0.29, 0.717) is 10.8 Å². The molecule has 17 heavy (non-hydrogen) atoms. The van der Waals surface area contributed by atoms with Crippen LogP contribution >= 0.6 is 11.6 Å². The molecular formula is C13H15ClO3. The van der Waals surface area contributed by atoms with E-state index in [-0.39, 0.29) is 18.4 Å². The Kier molecular flexibility index (Phi) is 3.89. The van der Waals surface area contributed by atoms with E-state index in [2.05, 4.69) is 0 Å². The number of hydrogen-bond donors (Lipinski definition) is 1. The lowest BCUT2D eigenvalue weighted by molar-refractivity contribution is -0.138. The number of ether oxygens (including phenoxy) is 1. The summed E-state index contributed by atoms with van der Waals surface area (Å²) in [5, 5.41) is 9.41. The smallest absolute Gasteiger partial charge is 0.303 e. The van der Waals surface area contributed by atoms with Crippen LogP contribution in [-0.2, 0) is 4.79 Å². The second kappa shape index (κ2) is 5.41. The first-order chi connectivity index (χ1) is 8.16. The predicted octanol–water partition coefficient (Wildman–Crippen LogP) is 3.36. The van der Waals surface area contributed by atoms with Crippen LogP contribution in [0.1, 0.15) is 25.7 Å². The molecular weight excluding hydrogens is 240 g/mol. The number of carboxylic acids is 1. The average molecular weight is 255 g/mol. The van der Waals surface area contributed by atoms with Gasteiger partial charge in [0.1, 0.15) is 11.9 Å². The number of para-hydroxylation sites is 1. The number of benzene rings is 1. The molecule has 0 heterocycles. The highest BCUT2D eigenvalue weighted by molar-refractivity contribution is 6.32. The zero-order chi connectivity index (χ0) is 12.3. The van der Waals surface area contributed by atoms with Crippen LogP contribution < -0.4 is 4.74 Å². The van der Waals surface area contributed by atoms with Crippen molar-refractivity contribution in [2.24, 2.45) is 5.92 Å². The van der Waals surface area contributed by atoms with Crippen LogP contribution in [0.4, 0.5) is 0 Å². The normalized spacial score (nSPS) is 23.6. The van der Waals surface area contributed by atoms with E-state index in [4.69, 9.17) is 21.4 Å². The van der Waals surface area contributed by atoms with Crippen LogP contribution in [0.25, 0.3) is 0 Å². The van der Waals surface area contributed by atoms with Crippen LogP contribution in [0, 0.1) is 5.92 Å². The Morgan fingerprint density at radius 2 is 2.18 bits per heavy atom. The van der Waals surface area contributed by atoms with Crippen molar-refractivity contribution in [2.45, 2.75) is 31.8 Å². The van der Waals surface area contributed by atoms with Crippen molar-refractivity contribution in [3.05, 3.63) is 29.3 Å². The molecule has 0 amide bonds. The average Bonchev–Trinajstić information content (AvgIpc) is 2.68. The van der Waals surface area contributed by atoms with E-state index in [9.17, 15) is 4.79 Å². The van der Waals surface area contributed by atoms with Gasteiger partial charge in [0.2, 0.25) is 0 Å². The lowest BCUT2D eigenvalue weighted by atomic mass is 10.0. The van der Waals surface area contributed by atoms with E-state index in [1.54, 1.807) is 6.07 Å². The Bertz CT molecular complexity index is 405. The van der Waals surface area contributed by atoms with Gasteiger partial charge in [0.05, 0.1) is 11.4 Å². The molecule has 1 saturated carbocycles. The summed E-state index contributed by atoms with van der Waals surface area (Å²) in [7, 11) is 0. The second-order valence-corrected chi connectivity index (χ2v) is 4.78. The number of carboxylic acid groups (broad SMARTS) is 1. The summed E-state index contributed by atoms with van der Waals surface area (Å²) in [6.07, 6.45) is 3.00. The van der Waals surface area contributed by atoms with Gasteiger partial charge in [0.25, 0.3) is 0 Å². The highest BCUT2D eigenvalue weighted by Crippen LogP contribution is 2.34. The van der Waals surface area contributed by atoms with Crippen molar-refractivity contribution in [3.8, 4) is 5.75 Å². The maximum atomic E-state index is 10.7. The molecule has 2 atom stereocenters. The van der Waals surface area contributed by atoms with Crippen molar-refractivity contribution in [2.75, 3.05) is 0 Å². The number of rotatable bonds is 4. The molecule has 1 fully saturated rings. The highest BCUT2D eigenvalue weighted by atomic mass is 35.5. The predicted molar refractivity (Wildman–Crippen MR) is 65.5 cm³/mol. The van der Waals surface area contributed by atoms with Gasteiger partial charge in [-0.1, -0.05) is 23.7 Å². The van der Waals surface area contributed by atoms with Gasteiger partial charge in [-0.3, -0.25) is 4.79 Å². The van der Waals surface area contributed by atoms with Gasteiger partial charge < -0.3 is 9.84 Å². The monoisotopic (exact) mass is 254 g/mol. The minimum Gasteiger partial charge on any atom is -0.489 e. The zero-order valence-electron chi connectivity index (χ0n) is 9.43. The van der Waals surface area contributed by atoms with Crippen molar-refractivity contribution < 1.29 is 14.6 Å². The fourth-order valence-corrected chi connectivity index (χ4v) is 2.50. The summed E-state index contributed by atoms with van der Waals surface area (Å²) in [6.45, 7) is 0. The molecule has 1 aromatic carbocycles. The second-order valence-electron chi connectivity index (χ2n) is 4.38. The zero-order valence-corrected chi connectivity index (χ0v) is 10.2. The van der Waals surface area contributed by atoms with Gasteiger partial charge >= 0.3 is 5.97 Å². The lowest BCUT2D eigenvalue weighted by Crippen LogP contribution is -2.23. The van der Waals surface area contributed by atoms with Gasteiger partial charge in [-0.05, 0) is 31.4 Å². The molecule has 1 aliphatic rings. The van der Waals surface area contributed by atoms with Crippen LogP contribution in [0.15, 0.2) is 24.3 Å². The summed E-state index contributed by atoms with van der Waals surface area (Å²) in [5.41, 5.74) is 0. The topological polar surface area (TPSA) is 46.5 Å². The van der Waals surface area contributed by atoms with Gasteiger partial charge in [-0.15, -0.1) is 0 Å². The Labute approximate surface area is 105 Å². The minimum atomic E-state index is -0.760. The van der Waals surface area contributed by atoms with E-state index < -0.39 is 5.97 Å². The van der Waals surface area contributed by atoms with E-state index in [1.165, 1.54) is 0 Å². The lowest BCUT2D eigenvalue weighted by Gasteiger charge is -2.20. The minimum absolute atomic E-state index is 0.0222. The SMILES string of the molecule is O=C(O)CC1CCCC1Oc1ccccc1Cl. The molecule has 1 aromatic rings.